The lowest BCUT2D eigenvalue weighted by atomic mass is 10.1. The van der Waals surface area contributed by atoms with Gasteiger partial charge in [-0.1, -0.05) is 18.2 Å². The third-order valence-electron chi connectivity index (χ3n) is 3.52. The van der Waals surface area contributed by atoms with Crippen molar-refractivity contribution in [2.24, 2.45) is 7.05 Å². The molecule has 0 fully saturated rings. The number of para-hydroxylation sites is 1. The van der Waals surface area contributed by atoms with Crippen molar-refractivity contribution in [3.05, 3.63) is 41.6 Å². The van der Waals surface area contributed by atoms with Gasteiger partial charge < -0.3 is 5.32 Å². The van der Waals surface area contributed by atoms with Crippen LogP contribution in [-0.4, -0.2) is 21.6 Å². The minimum Gasteiger partial charge on any atom is -0.384 e. The molecule has 3 rings (SSSR count). The molecule has 0 radical (unpaired) electrons. The number of aromatic nitrogens is 2. The SMILES string of the molecule is Cc1cc(SC2CCc3ccccc3NC2)n(C)n1. The smallest absolute Gasteiger partial charge is 0.0942 e. The summed E-state index contributed by atoms with van der Waals surface area (Å²) in [5.74, 6) is 0. The van der Waals surface area contributed by atoms with E-state index >= 15 is 0 Å². The van der Waals surface area contributed by atoms with Crippen LogP contribution >= 0.6 is 11.8 Å². The molecule has 1 aliphatic rings. The highest BCUT2D eigenvalue weighted by Crippen LogP contribution is 2.30. The number of thioether (sulfide) groups is 1. The maximum atomic E-state index is 4.41. The van der Waals surface area contributed by atoms with Crippen molar-refractivity contribution in [1.82, 2.24) is 9.78 Å². The quantitative estimate of drug-likeness (QED) is 0.911. The molecule has 1 aliphatic heterocycles. The lowest BCUT2D eigenvalue weighted by Gasteiger charge is -2.13. The van der Waals surface area contributed by atoms with Crippen LogP contribution < -0.4 is 5.32 Å². The van der Waals surface area contributed by atoms with Gasteiger partial charge in [-0.3, -0.25) is 4.68 Å². The summed E-state index contributed by atoms with van der Waals surface area (Å²) < 4.78 is 1.98. The van der Waals surface area contributed by atoms with E-state index in [9.17, 15) is 0 Å². The number of fused-ring (bicyclic) bond motifs is 1. The van der Waals surface area contributed by atoms with E-state index in [0.717, 1.165) is 18.7 Å². The Labute approximate surface area is 118 Å². The maximum absolute atomic E-state index is 4.41. The summed E-state index contributed by atoms with van der Waals surface area (Å²) >= 11 is 1.93. The van der Waals surface area contributed by atoms with Crippen LogP contribution in [0.4, 0.5) is 5.69 Å². The van der Waals surface area contributed by atoms with Crippen molar-refractivity contribution in [3.8, 4) is 0 Å². The number of nitrogens with one attached hydrogen (secondary N) is 1. The Morgan fingerprint density at radius 3 is 3.00 bits per heavy atom. The molecule has 0 saturated heterocycles. The van der Waals surface area contributed by atoms with Crippen LogP contribution in [0.5, 0.6) is 0 Å². The topological polar surface area (TPSA) is 29.9 Å². The van der Waals surface area contributed by atoms with Crippen molar-refractivity contribution in [2.75, 3.05) is 11.9 Å². The van der Waals surface area contributed by atoms with Crippen LogP contribution in [0.15, 0.2) is 35.4 Å². The van der Waals surface area contributed by atoms with Crippen LogP contribution in [0.25, 0.3) is 0 Å². The molecule has 1 N–H and O–H groups in total. The molecule has 19 heavy (non-hydrogen) atoms. The summed E-state index contributed by atoms with van der Waals surface area (Å²) in [6, 6.07) is 10.8. The first-order valence-corrected chi connectivity index (χ1v) is 7.59. The number of rotatable bonds is 2. The molecule has 1 unspecified atom stereocenters. The molecular formula is C15H19N3S. The second-order valence-electron chi connectivity index (χ2n) is 5.06. The number of aryl methyl sites for hydroxylation is 3. The zero-order chi connectivity index (χ0) is 13.2. The Morgan fingerprint density at radius 2 is 2.21 bits per heavy atom. The average Bonchev–Trinajstić information content (AvgIpc) is 2.62. The van der Waals surface area contributed by atoms with Crippen molar-refractivity contribution >= 4 is 17.4 Å². The molecule has 100 valence electrons. The van der Waals surface area contributed by atoms with Gasteiger partial charge in [-0.2, -0.15) is 5.10 Å². The Bertz CT molecular complexity index is 550. The Kier molecular flexibility index (Phi) is 3.51. The minimum atomic E-state index is 0.599. The van der Waals surface area contributed by atoms with E-state index in [1.54, 1.807) is 0 Å². The molecule has 1 aromatic carbocycles. The minimum absolute atomic E-state index is 0.599. The molecule has 4 heteroatoms. The molecule has 3 nitrogen and oxygen atoms in total. The highest BCUT2D eigenvalue weighted by atomic mass is 32.2. The van der Waals surface area contributed by atoms with E-state index in [-0.39, 0.29) is 0 Å². The van der Waals surface area contributed by atoms with Gasteiger partial charge in [-0.15, -0.1) is 11.8 Å². The van der Waals surface area contributed by atoms with E-state index in [2.05, 4.69) is 40.7 Å². The van der Waals surface area contributed by atoms with E-state index in [1.165, 1.54) is 22.7 Å². The highest BCUT2D eigenvalue weighted by molar-refractivity contribution is 7.99. The average molecular weight is 273 g/mol. The number of nitrogens with zero attached hydrogens (tertiary/aromatic N) is 2. The first kappa shape index (κ1) is 12.6. The summed E-state index contributed by atoms with van der Waals surface area (Å²) in [6.07, 6.45) is 2.36. The molecule has 1 aromatic heterocycles. The number of anilines is 1. The largest absolute Gasteiger partial charge is 0.384 e. The Balaban J connectivity index is 1.70. The van der Waals surface area contributed by atoms with Crippen LogP contribution in [0.3, 0.4) is 0 Å². The van der Waals surface area contributed by atoms with Gasteiger partial charge in [0.05, 0.1) is 10.7 Å². The predicted molar refractivity (Wildman–Crippen MR) is 80.8 cm³/mol. The molecular weight excluding hydrogens is 254 g/mol. The van der Waals surface area contributed by atoms with Crippen LogP contribution in [0, 0.1) is 6.92 Å². The van der Waals surface area contributed by atoms with Crippen molar-refractivity contribution in [1.29, 1.82) is 0 Å². The normalized spacial score (nSPS) is 18.5. The fourth-order valence-corrected chi connectivity index (χ4v) is 3.70. The molecule has 2 heterocycles. The number of hydrogen-bond acceptors (Lipinski definition) is 3. The van der Waals surface area contributed by atoms with Gasteiger partial charge in [0.2, 0.25) is 0 Å². The third-order valence-corrected chi connectivity index (χ3v) is 4.88. The van der Waals surface area contributed by atoms with Crippen molar-refractivity contribution in [2.45, 2.75) is 30.0 Å². The van der Waals surface area contributed by atoms with Gasteiger partial charge in [0.1, 0.15) is 0 Å². The highest BCUT2D eigenvalue weighted by Gasteiger charge is 2.18. The monoisotopic (exact) mass is 273 g/mol. The Hall–Kier alpha value is -1.42. The number of hydrogen-bond donors (Lipinski definition) is 1. The van der Waals surface area contributed by atoms with Crippen LogP contribution in [0.1, 0.15) is 17.7 Å². The summed E-state index contributed by atoms with van der Waals surface area (Å²) in [5.41, 5.74) is 3.83. The summed E-state index contributed by atoms with van der Waals surface area (Å²) in [4.78, 5) is 0. The standard InChI is InChI=1S/C15H19N3S/c1-11-9-15(18(2)17-11)19-13-8-7-12-5-3-4-6-14(12)16-10-13/h3-6,9,13,16H,7-8,10H2,1-2H3. The van der Waals surface area contributed by atoms with E-state index in [1.807, 2.05) is 30.4 Å². The second kappa shape index (κ2) is 5.29. The van der Waals surface area contributed by atoms with Gasteiger partial charge in [-0.05, 0) is 37.5 Å². The fraction of sp³-hybridized carbons (Fsp3) is 0.400. The molecule has 0 spiro atoms. The zero-order valence-corrected chi connectivity index (χ0v) is 12.2. The van der Waals surface area contributed by atoms with Crippen LogP contribution in [-0.2, 0) is 13.5 Å². The van der Waals surface area contributed by atoms with Gasteiger partial charge in [0.25, 0.3) is 0 Å². The first-order valence-electron chi connectivity index (χ1n) is 6.71. The van der Waals surface area contributed by atoms with Gasteiger partial charge in [0.15, 0.2) is 0 Å². The summed E-state index contributed by atoms with van der Waals surface area (Å²) in [7, 11) is 2.02. The van der Waals surface area contributed by atoms with Crippen LogP contribution in [0.2, 0.25) is 0 Å². The predicted octanol–water partition coefficient (Wildman–Crippen LogP) is 3.25. The van der Waals surface area contributed by atoms with Crippen molar-refractivity contribution < 1.29 is 0 Å². The van der Waals surface area contributed by atoms with Crippen molar-refractivity contribution in [3.63, 3.8) is 0 Å². The van der Waals surface area contributed by atoms with E-state index < -0.39 is 0 Å². The molecule has 0 saturated carbocycles. The molecule has 2 aromatic rings. The lowest BCUT2D eigenvalue weighted by molar-refractivity contribution is 0.688. The molecule has 0 amide bonds. The van der Waals surface area contributed by atoms with E-state index in [0.29, 0.717) is 5.25 Å². The summed E-state index contributed by atoms with van der Waals surface area (Å²) in [6.45, 7) is 3.07. The lowest BCUT2D eigenvalue weighted by Crippen LogP contribution is -2.15. The van der Waals surface area contributed by atoms with E-state index in [4.69, 9.17) is 0 Å². The van der Waals surface area contributed by atoms with Gasteiger partial charge in [0, 0.05) is 24.5 Å². The summed E-state index contributed by atoms with van der Waals surface area (Å²) in [5, 5.41) is 9.84. The maximum Gasteiger partial charge on any atom is 0.0942 e. The van der Waals surface area contributed by atoms with Gasteiger partial charge in [-0.25, -0.2) is 0 Å². The number of benzene rings is 1. The molecule has 0 bridgehead atoms. The second-order valence-corrected chi connectivity index (χ2v) is 6.38. The van der Waals surface area contributed by atoms with Gasteiger partial charge >= 0.3 is 0 Å². The first-order chi connectivity index (χ1) is 9.22. The molecule has 1 atom stereocenters. The third kappa shape index (κ3) is 2.78. The fourth-order valence-electron chi connectivity index (χ4n) is 2.52. The Morgan fingerprint density at radius 1 is 1.37 bits per heavy atom. The zero-order valence-electron chi connectivity index (χ0n) is 11.4. The molecule has 0 aliphatic carbocycles.